The fraction of sp³-hybridized carbons (Fsp3) is 0.310. The number of hydrogen-bond acceptors (Lipinski definition) is 7. The Morgan fingerprint density at radius 1 is 1.10 bits per heavy atom. The van der Waals surface area contributed by atoms with Gasteiger partial charge in [0.2, 0.25) is 5.91 Å². The number of pyridine rings is 1. The number of benzene rings is 2. The predicted molar refractivity (Wildman–Crippen MR) is 145 cm³/mol. The van der Waals surface area contributed by atoms with Crippen molar-refractivity contribution < 1.29 is 23.9 Å². The Hall–Kier alpha value is -4.44. The molecule has 3 heterocycles. The molecular weight excluding hydrogens is 498 g/mol. The second kappa shape index (κ2) is 11.1. The molecule has 39 heavy (non-hydrogen) atoms. The van der Waals surface area contributed by atoms with Crippen LogP contribution in [-0.4, -0.2) is 78.4 Å². The van der Waals surface area contributed by atoms with Gasteiger partial charge in [-0.15, -0.1) is 0 Å². The van der Waals surface area contributed by atoms with Gasteiger partial charge < -0.3 is 29.9 Å². The lowest BCUT2D eigenvalue weighted by Gasteiger charge is -2.23. The largest absolute Gasteiger partial charge is 0.457 e. The minimum Gasteiger partial charge on any atom is -0.457 e. The van der Waals surface area contributed by atoms with Crippen molar-refractivity contribution in [2.45, 2.75) is 25.7 Å². The lowest BCUT2D eigenvalue weighted by Crippen LogP contribution is -2.48. The Labute approximate surface area is 226 Å². The maximum absolute atomic E-state index is 13.4. The molecule has 2 aliphatic rings. The number of nitrogens with zero attached hydrogens (tertiary/aromatic N) is 3. The van der Waals surface area contributed by atoms with Crippen molar-refractivity contribution in [2.24, 2.45) is 0 Å². The summed E-state index contributed by atoms with van der Waals surface area (Å²) in [4.78, 5) is 46.8. The van der Waals surface area contributed by atoms with Gasteiger partial charge in [0.15, 0.2) is 0 Å². The number of carbonyl (C=O) groups is 3. The van der Waals surface area contributed by atoms with E-state index >= 15 is 0 Å². The van der Waals surface area contributed by atoms with Gasteiger partial charge in [-0.1, -0.05) is 18.2 Å². The van der Waals surface area contributed by atoms with E-state index in [1.54, 1.807) is 49.5 Å². The lowest BCUT2D eigenvalue weighted by atomic mass is 10.1. The maximum Gasteiger partial charge on any atom is 0.257 e. The van der Waals surface area contributed by atoms with Gasteiger partial charge in [-0.05, 0) is 54.4 Å². The zero-order valence-corrected chi connectivity index (χ0v) is 22.1. The topological polar surface area (TPSA) is 113 Å². The van der Waals surface area contributed by atoms with Crippen LogP contribution in [0.15, 0.2) is 60.8 Å². The summed E-state index contributed by atoms with van der Waals surface area (Å²) in [5, 5.41) is 5.94. The van der Waals surface area contributed by atoms with Crippen LogP contribution in [0.25, 0.3) is 0 Å². The molecule has 3 aromatic rings. The van der Waals surface area contributed by atoms with E-state index in [-0.39, 0.29) is 44.0 Å². The number of fused-ring (bicyclic) bond motifs is 5. The average Bonchev–Trinajstić information content (AvgIpc) is 3.34. The number of ether oxygens (including phenoxy) is 2. The molecule has 0 unspecified atom stereocenters. The summed E-state index contributed by atoms with van der Waals surface area (Å²) in [6.45, 7) is 2.57. The van der Waals surface area contributed by atoms with E-state index in [1.165, 1.54) is 4.90 Å². The maximum atomic E-state index is 13.4. The van der Waals surface area contributed by atoms with Crippen LogP contribution in [0.2, 0.25) is 0 Å². The van der Waals surface area contributed by atoms with Gasteiger partial charge in [-0.25, -0.2) is 4.98 Å². The van der Waals surface area contributed by atoms with Gasteiger partial charge in [-0.2, -0.15) is 0 Å². The molecule has 2 aromatic carbocycles. The van der Waals surface area contributed by atoms with Gasteiger partial charge in [0, 0.05) is 38.9 Å². The summed E-state index contributed by atoms with van der Waals surface area (Å²) in [7, 11) is 3.29. The van der Waals surface area contributed by atoms with E-state index in [1.807, 2.05) is 37.3 Å². The summed E-state index contributed by atoms with van der Waals surface area (Å²) >= 11 is 0. The van der Waals surface area contributed by atoms with Crippen LogP contribution < -0.4 is 15.4 Å². The first-order valence-electron chi connectivity index (χ1n) is 12.8. The molecule has 10 nitrogen and oxygen atoms in total. The Morgan fingerprint density at radius 2 is 1.95 bits per heavy atom. The van der Waals surface area contributed by atoms with Crippen molar-refractivity contribution in [1.82, 2.24) is 20.1 Å². The monoisotopic (exact) mass is 529 g/mol. The van der Waals surface area contributed by atoms with Crippen molar-refractivity contribution in [2.75, 3.05) is 39.0 Å². The second-order valence-corrected chi connectivity index (χ2v) is 9.77. The SMILES string of the molecule is CNc1ncccc1C(=O)N1C[C@@H]2NC(=O)CN(C)C(=O)c3ccc(C)c(c3)Oc3cccc(c3)CO[C@H]2C1. The molecule has 2 aliphatic heterocycles. The van der Waals surface area contributed by atoms with Crippen molar-refractivity contribution in [3.05, 3.63) is 83.0 Å². The van der Waals surface area contributed by atoms with Crippen LogP contribution in [0.5, 0.6) is 11.5 Å². The van der Waals surface area contributed by atoms with E-state index in [0.29, 0.717) is 28.4 Å². The van der Waals surface area contributed by atoms with Gasteiger partial charge in [0.25, 0.3) is 11.8 Å². The fourth-order valence-corrected chi connectivity index (χ4v) is 4.83. The number of nitrogens with one attached hydrogen (secondary N) is 2. The standard InChI is InChI=1S/C29H31N5O5/c1-18-9-10-20-13-24(18)39-21-7-4-6-19(12-21)17-38-25-15-34(29(37)22-8-5-11-31-27(22)30-2)14-23(25)32-26(35)16-33(3)28(20)36/h4-13,23,25H,14-17H2,1-3H3,(H,30,31)(H,32,35)/t23-,25-/m0/s1. The van der Waals surface area contributed by atoms with Crippen molar-refractivity contribution >= 4 is 23.5 Å². The first kappa shape index (κ1) is 26.2. The minimum absolute atomic E-state index is 0.147. The quantitative estimate of drug-likeness (QED) is 0.525. The molecule has 0 radical (unpaired) electrons. The minimum atomic E-state index is -0.460. The molecule has 10 heteroatoms. The Bertz CT molecular complexity index is 1410. The fourth-order valence-electron chi connectivity index (χ4n) is 4.83. The smallest absolute Gasteiger partial charge is 0.257 e. The van der Waals surface area contributed by atoms with Crippen LogP contribution in [-0.2, 0) is 16.1 Å². The first-order chi connectivity index (χ1) is 18.8. The third-order valence-corrected chi connectivity index (χ3v) is 6.93. The Balaban J connectivity index is 1.43. The van der Waals surface area contributed by atoms with Crippen LogP contribution in [0.3, 0.4) is 0 Å². The van der Waals surface area contributed by atoms with Crippen LogP contribution >= 0.6 is 0 Å². The van der Waals surface area contributed by atoms with Crippen molar-refractivity contribution in [3.8, 4) is 11.5 Å². The average molecular weight is 530 g/mol. The number of aromatic nitrogens is 1. The molecule has 1 fully saturated rings. The molecule has 0 aliphatic carbocycles. The normalized spacial score (nSPS) is 19.7. The molecular formula is C29H31N5O5. The lowest BCUT2D eigenvalue weighted by molar-refractivity contribution is -0.123. The van der Waals surface area contributed by atoms with Crippen molar-refractivity contribution in [1.29, 1.82) is 0 Å². The molecule has 1 aromatic heterocycles. The van der Waals surface area contributed by atoms with Crippen LogP contribution in [0.1, 0.15) is 31.8 Å². The number of hydrogen-bond donors (Lipinski definition) is 2. The Morgan fingerprint density at radius 3 is 2.77 bits per heavy atom. The molecule has 1 saturated heterocycles. The molecule has 0 spiro atoms. The third-order valence-electron chi connectivity index (χ3n) is 6.93. The van der Waals surface area contributed by atoms with E-state index in [4.69, 9.17) is 9.47 Å². The summed E-state index contributed by atoms with van der Waals surface area (Å²) in [6, 6.07) is 15.7. The van der Waals surface area contributed by atoms with Gasteiger partial charge >= 0.3 is 0 Å². The zero-order valence-electron chi connectivity index (χ0n) is 22.1. The first-order valence-corrected chi connectivity index (χ1v) is 12.8. The van der Waals surface area contributed by atoms with E-state index in [2.05, 4.69) is 15.6 Å². The van der Waals surface area contributed by atoms with Gasteiger partial charge in [0.1, 0.15) is 17.3 Å². The number of likely N-dealkylation sites (tertiary alicyclic amines) is 1. The number of carbonyl (C=O) groups excluding carboxylic acids is 3. The van der Waals surface area contributed by atoms with Crippen LogP contribution in [0.4, 0.5) is 5.82 Å². The predicted octanol–water partition coefficient (Wildman–Crippen LogP) is 2.84. The molecule has 4 bridgehead atoms. The molecule has 2 atom stereocenters. The Kier molecular flexibility index (Phi) is 7.47. The van der Waals surface area contributed by atoms with Crippen molar-refractivity contribution in [3.63, 3.8) is 0 Å². The number of aryl methyl sites for hydroxylation is 1. The highest BCUT2D eigenvalue weighted by molar-refractivity contribution is 5.99. The zero-order chi connectivity index (χ0) is 27.5. The number of amides is 3. The molecule has 202 valence electrons. The number of rotatable bonds is 2. The summed E-state index contributed by atoms with van der Waals surface area (Å²) in [6.07, 6.45) is 1.16. The number of anilines is 1. The van der Waals surface area contributed by atoms with Gasteiger partial charge in [-0.3, -0.25) is 14.4 Å². The molecule has 3 amide bonds. The summed E-state index contributed by atoms with van der Waals surface area (Å²) in [5.41, 5.74) is 2.62. The van der Waals surface area contributed by atoms with E-state index < -0.39 is 12.1 Å². The second-order valence-electron chi connectivity index (χ2n) is 9.77. The molecule has 5 rings (SSSR count). The summed E-state index contributed by atoms with van der Waals surface area (Å²) < 4.78 is 12.4. The van der Waals surface area contributed by atoms with Crippen LogP contribution in [0, 0.1) is 6.92 Å². The highest BCUT2D eigenvalue weighted by Crippen LogP contribution is 2.28. The molecule has 2 N–H and O–H groups in total. The highest BCUT2D eigenvalue weighted by Gasteiger charge is 2.38. The van der Waals surface area contributed by atoms with E-state index in [9.17, 15) is 14.4 Å². The summed E-state index contributed by atoms with van der Waals surface area (Å²) in [5.74, 6) is 0.811. The number of likely N-dealkylation sites (N-methyl/N-ethyl adjacent to an activating group) is 1. The van der Waals surface area contributed by atoms with Gasteiger partial charge in [0.05, 0.1) is 30.9 Å². The van der Waals surface area contributed by atoms with E-state index in [0.717, 1.165) is 11.1 Å². The molecule has 0 saturated carbocycles. The third kappa shape index (κ3) is 5.70. The highest BCUT2D eigenvalue weighted by atomic mass is 16.5.